The fourth-order valence-corrected chi connectivity index (χ4v) is 4.69. The van der Waals surface area contributed by atoms with Crippen LogP contribution in [0.4, 0.5) is 8.78 Å². The van der Waals surface area contributed by atoms with Crippen LogP contribution in [-0.2, 0) is 6.54 Å². The van der Waals surface area contributed by atoms with Gasteiger partial charge in [-0.1, -0.05) is 18.2 Å². The standard InChI is InChI=1S/C20H24F2N2O2/c1-13-18(19(25)26)16-4-2-3-5-17(16)24(13)10-14-6-8-15(9-7-14)23-11-20(21,22)12-23/h2-5,14-15H,6-12H2,1H3,(H,25,26). The molecule has 1 aliphatic heterocycles. The smallest absolute Gasteiger partial charge is 0.338 e. The first-order valence-electron chi connectivity index (χ1n) is 9.29. The van der Waals surface area contributed by atoms with Crippen molar-refractivity contribution in [3.05, 3.63) is 35.5 Å². The van der Waals surface area contributed by atoms with Crippen molar-refractivity contribution in [1.29, 1.82) is 0 Å². The molecule has 6 heteroatoms. The first-order valence-corrected chi connectivity index (χ1v) is 9.29. The van der Waals surface area contributed by atoms with E-state index >= 15 is 0 Å². The average molecular weight is 362 g/mol. The number of benzene rings is 1. The Bertz CT molecular complexity index is 830. The number of para-hydroxylation sites is 1. The van der Waals surface area contributed by atoms with Crippen LogP contribution in [0.1, 0.15) is 41.7 Å². The highest BCUT2D eigenvalue weighted by Gasteiger charge is 2.46. The summed E-state index contributed by atoms with van der Waals surface area (Å²) in [5.41, 5.74) is 2.15. The summed E-state index contributed by atoms with van der Waals surface area (Å²) in [5.74, 6) is -2.92. The Hall–Kier alpha value is -1.95. The van der Waals surface area contributed by atoms with Crippen LogP contribution in [0, 0.1) is 12.8 Å². The lowest BCUT2D eigenvalue weighted by Gasteiger charge is -2.46. The van der Waals surface area contributed by atoms with Crippen molar-refractivity contribution in [2.75, 3.05) is 13.1 Å². The number of aromatic nitrogens is 1. The number of carboxylic acid groups (broad SMARTS) is 1. The van der Waals surface area contributed by atoms with E-state index in [0.29, 0.717) is 11.5 Å². The molecule has 1 N–H and O–H groups in total. The topological polar surface area (TPSA) is 45.5 Å². The molecule has 0 spiro atoms. The molecule has 1 aromatic carbocycles. The molecule has 2 aromatic rings. The number of halogens is 2. The largest absolute Gasteiger partial charge is 0.478 e. The fraction of sp³-hybridized carbons (Fsp3) is 0.550. The third-order valence-electron chi connectivity index (χ3n) is 6.09. The number of nitrogens with zero attached hydrogens (tertiary/aromatic N) is 2. The predicted molar refractivity (Wildman–Crippen MR) is 95.9 cm³/mol. The third kappa shape index (κ3) is 3.00. The number of rotatable bonds is 4. The van der Waals surface area contributed by atoms with Gasteiger partial charge in [0.05, 0.1) is 18.7 Å². The summed E-state index contributed by atoms with van der Waals surface area (Å²) in [6.07, 6.45) is 3.90. The van der Waals surface area contributed by atoms with Crippen LogP contribution in [0.25, 0.3) is 10.9 Å². The van der Waals surface area contributed by atoms with E-state index in [-0.39, 0.29) is 19.1 Å². The number of hydrogen-bond donors (Lipinski definition) is 1. The average Bonchev–Trinajstić information content (AvgIpc) is 2.86. The minimum atomic E-state index is -2.49. The molecule has 140 valence electrons. The number of carbonyl (C=O) groups is 1. The van der Waals surface area contributed by atoms with Gasteiger partial charge in [0.25, 0.3) is 5.92 Å². The molecule has 0 radical (unpaired) electrons. The zero-order chi connectivity index (χ0) is 18.5. The molecule has 1 saturated carbocycles. The number of alkyl halides is 2. The second-order valence-corrected chi connectivity index (χ2v) is 7.83. The number of aromatic carboxylic acids is 1. The zero-order valence-electron chi connectivity index (χ0n) is 14.9. The van der Waals surface area contributed by atoms with Crippen molar-refractivity contribution < 1.29 is 18.7 Å². The molecule has 0 bridgehead atoms. The van der Waals surface area contributed by atoms with Crippen molar-refractivity contribution in [3.8, 4) is 0 Å². The molecule has 2 heterocycles. The van der Waals surface area contributed by atoms with Crippen LogP contribution in [0.3, 0.4) is 0 Å². The van der Waals surface area contributed by atoms with Crippen molar-refractivity contribution in [1.82, 2.24) is 9.47 Å². The maximum atomic E-state index is 13.1. The molecular weight excluding hydrogens is 338 g/mol. The minimum absolute atomic E-state index is 0.0916. The maximum absolute atomic E-state index is 13.1. The summed E-state index contributed by atoms with van der Waals surface area (Å²) in [7, 11) is 0. The van der Waals surface area contributed by atoms with Gasteiger partial charge < -0.3 is 9.67 Å². The number of carboxylic acids is 1. The van der Waals surface area contributed by atoms with E-state index in [1.54, 1.807) is 0 Å². The molecule has 26 heavy (non-hydrogen) atoms. The van der Waals surface area contributed by atoms with Crippen LogP contribution in [0.15, 0.2) is 24.3 Å². The van der Waals surface area contributed by atoms with Crippen LogP contribution >= 0.6 is 0 Å². The van der Waals surface area contributed by atoms with Crippen molar-refractivity contribution >= 4 is 16.9 Å². The minimum Gasteiger partial charge on any atom is -0.478 e. The third-order valence-corrected chi connectivity index (χ3v) is 6.09. The van der Waals surface area contributed by atoms with Gasteiger partial charge in [0.2, 0.25) is 0 Å². The Labute approximate surface area is 151 Å². The van der Waals surface area contributed by atoms with Crippen molar-refractivity contribution in [2.24, 2.45) is 5.92 Å². The second-order valence-electron chi connectivity index (χ2n) is 7.83. The number of fused-ring (bicyclic) bond motifs is 1. The molecule has 4 rings (SSSR count). The molecule has 0 atom stereocenters. The highest BCUT2D eigenvalue weighted by Crippen LogP contribution is 2.36. The van der Waals surface area contributed by atoms with Gasteiger partial charge in [-0.3, -0.25) is 4.90 Å². The second kappa shape index (κ2) is 6.34. The summed E-state index contributed by atoms with van der Waals surface area (Å²) in [6.45, 7) is 2.48. The number of hydrogen-bond acceptors (Lipinski definition) is 2. The van der Waals surface area contributed by atoms with Crippen molar-refractivity contribution in [3.63, 3.8) is 0 Å². The van der Waals surface area contributed by atoms with Crippen LogP contribution in [0.2, 0.25) is 0 Å². The Morgan fingerprint density at radius 3 is 2.46 bits per heavy atom. The van der Waals surface area contributed by atoms with Gasteiger partial charge in [-0.05, 0) is 44.6 Å². The monoisotopic (exact) mass is 362 g/mol. The van der Waals surface area contributed by atoms with E-state index in [9.17, 15) is 18.7 Å². The van der Waals surface area contributed by atoms with E-state index in [1.807, 2.05) is 36.1 Å². The first kappa shape index (κ1) is 17.5. The molecular formula is C20H24F2N2O2. The fourth-order valence-electron chi connectivity index (χ4n) is 4.69. The lowest BCUT2D eigenvalue weighted by molar-refractivity contribution is -0.150. The molecule has 4 nitrogen and oxygen atoms in total. The molecule has 1 aliphatic carbocycles. The highest BCUT2D eigenvalue weighted by atomic mass is 19.3. The van der Waals surface area contributed by atoms with Gasteiger partial charge in [0.15, 0.2) is 0 Å². The van der Waals surface area contributed by atoms with E-state index in [2.05, 4.69) is 4.57 Å². The van der Waals surface area contributed by atoms with Gasteiger partial charge in [-0.25, -0.2) is 13.6 Å². The van der Waals surface area contributed by atoms with Gasteiger partial charge in [0.1, 0.15) is 0 Å². The summed E-state index contributed by atoms with van der Waals surface area (Å²) in [5, 5.41) is 10.4. The molecule has 1 saturated heterocycles. The van der Waals surface area contributed by atoms with Gasteiger partial charge in [-0.2, -0.15) is 0 Å². The predicted octanol–water partition coefficient (Wildman–Crippen LogP) is 4.16. The van der Waals surface area contributed by atoms with Crippen LogP contribution < -0.4 is 0 Å². The SMILES string of the molecule is Cc1c(C(=O)O)c2ccccc2n1CC1CCC(N2CC(F)(F)C2)CC1. The molecule has 2 aliphatic rings. The Kier molecular flexibility index (Phi) is 4.26. The summed E-state index contributed by atoms with van der Waals surface area (Å²) < 4.78 is 28.3. The lowest BCUT2D eigenvalue weighted by Crippen LogP contribution is -2.60. The molecule has 0 amide bonds. The molecule has 0 unspecified atom stereocenters. The molecule has 1 aromatic heterocycles. The van der Waals surface area contributed by atoms with E-state index < -0.39 is 11.9 Å². The Morgan fingerprint density at radius 1 is 1.19 bits per heavy atom. The van der Waals surface area contributed by atoms with Crippen molar-refractivity contribution in [2.45, 2.75) is 51.1 Å². The van der Waals surface area contributed by atoms with E-state index in [0.717, 1.165) is 48.8 Å². The van der Waals surface area contributed by atoms with Crippen LogP contribution in [-0.4, -0.2) is 45.6 Å². The summed E-state index contributed by atoms with van der Waals surface area (Å²) in [6, 6.07) is 7.92. The Morgan fingerprint density at radius 2 is 1.85 bits per heavy atom. The molecule has 2 fully saturated rings. The lowest BCUT2D eigenvalue weighted by atomic mass is 9.84. The van der Waals surface area contributed by atoms with Gasteiger partial charge in [0, 0.05) is 29.2 Å². The Balaban J connectivity index is 1.47. The van der Waals surface area contributed by atoms with E-state index in [4.69, 9.17) is 0 Å². The quantitative estimate of drug-likeness (QED) is 0.888. The maximum Gasteiger partial charge on any atom is 0.338 e. The number of likely N-dealkylation sites (tertiary alicyclic amines) is 1. The van der Waals surface area contributed by atoms with Crippen LogP contribution in [0.5, 0.6) is 0 Å². The highest BCUT2D eigenvalue weighted by molar-refractivity contribution is 6.05. The first-order chi connectivity index (χ1) is 12.4. The zero-order valence-corrected chi connectivity index (χ0v) is 14.9. The normalized spacial score (nSPS) is 26.0. The summed E-state index contributed by atoms with van der Waals surface area (Å²) in [4.78, 5) is 13.6. The van der Waals surface area contributed by atoms with E-state index in [1.165, 1.54) is 0 Å². The van der Waals surface area contributed by atoms with Gasteiger partial charge in [-0.15, -0.1) is 0 Å². The summed E-state index contributed by atoms with van der Waals surface area (Å²) >= 11 is 0. The van der Waals surface area contributed by atoms with Gasteiger partial charge >= 0.3 is 5.97 Å².